The Morgan fingerprint density at radius 3 is 3.00 bits per heavy atom. The lowest BCUT2D eigenvalue weighted by Crippen LogP contribution is -2.14. The van der Waals surface area contributed by atoms with Crippen molar-refractivity contribution in [2.24, 2.45) is 0 Å². The van der Waals surface area contributed by atoms with Gasteiger partial charge < -0.3 is 9.73 Å². The number of rotatable bonds is 3. The van der Waals surface area contributed by atoms with Crippen LogP contribution in [0.2, 0.25) is 0 Å². The number of aryl methyl sites for hydroxylation is 1. The van der Waals surface area contributed by atoms with E-state index in [1.54, 1.807) is 6.07 Å². The molecule has 1 aliphatic heterocycles. The Hall–Kier alpha value is -2.21. The third kappa shape index (κ3) is 2.55. The highest BCUT2D eigenvalue weighted by molar-refractivity contribution is 6.04. The molecule has 1 fully saturated rings. The average molecular weight is 272 g/mol. The maximum atomic E-state index is 12.1. The van der Waals surface area contributed by atoms with Crippen LogP contribution in [0.15, 0.2) is 28.7 Å². The van der Waals surface area contributed by atoms with E-state index in [1.807, 2.05) is 25.1 Å². The molecule has 104 valence electrons. The molecule has 1 aliphatic rings. The van der Waals surface area contributed by atoms with Crippen LogP contribution in [0.3, 0.4) is 0 Å². The molecule has 2 N–H and O–H groups in total. The monoisotopic (exact) mass is 272 g/mol. The topological polar surface area (TPSA) is 80.0 Å². The molecule has 20 heavy (non-hydrogen) atoms. The number of benzene rings is 1. The van der Waals surface area contributed by atoms with Gasteiger partial charge in [-0.1, -0.05) is 23.3 Å². The fraction of sp³-hybridized carbons (Fsp3) is 0.357. The van der Waals surface area contributed by atoms with E-state index in [9.17, 15) is 4.79 Å². The number of nitrogens with one attached hydrogen (secondary N) is 2. The Labute approximate surface area is 116 Å². The van der Waals surface area contributed by atoms with Gasteiger partial charge in [0.15, 0.2) is 0 Å². The van der Waals surface area contributed by atoms with Crippen LogP contribution in [0.25, 0.3) is 0 Å². The van der Waals surface area contributed by atoms with Crippen molar-refractivity contribution in [3.63, 3.8) is 0 Å². The van der Waals surface area contributed by atoms with E-state index in [1.165, 1.54) is 0 Å². The maximum absolute atomic E-state index is 12.1. The third-order valence-corrected chi connectivity index (χ3v) is 3.41. The normalized spacial score (nSPS) is 18.1. The van der Waals surface area contributed by atoms with E-state index >= 15 is 0 Å². The molecule has 0 saturated carbocycles. The van der Waals surface area contributed by atoms with Crippen molar-refractivity contribution in [1.82, 2.24) is 15.5 Å². The highest BCUT2D eigenvalue weighted by Crippen LogP contribution is 2.23. The van der Waals surface area contributed by atoms with Gasteiger partial charge in [0.2, 0.25) is 5.89 Å². The maximum Gasteiger partial charge on any atom is 0.322 e. The molecule has 1 aromatic heterocycles. The summed E-state index contributed by atoms with van der Waals surface area (Å²) in [6, 6.07) is 7.61. The van der Waals surface area contributed by atoms with Crippen molar-refractivity contribution in [3.05, 3.63) is 41.3 Å². The second-order valence-electron chi connectivity index (χ2n) is 4.86. The largest absolute Gasteiger partial charge is 0.406 e. The summed E-state index contributed by atoms with van der Waals surface area (Å²) < 4.78 is 5.48. The summed E-state index contributed by atoms with van der Waals surface area (Å²) in [4.78, 5) is 12.1. The van der Waals surface area contributed by atoms with Gasteiger partial charge in [-0.2, -0.15) is 0 Å². The van der Waals surface area contributed by atoms with Crippen LogP contribution in [-0.2, 0) is 0 Å². The smallest absolute Gasteiger partial charge is 0.322 e. The van der Waals surface area contributed by atoms with Crippen LogP contribution >= 0.6 is 0 Å². The fourth-order valence-corrected chi connectivity index (χ4v) is 2.31. The van der Waals surface area contributed by atoms with E-state index in [0.29, 0.717) is 11.5 Å². The van der Waals surface area contributed by atoms with Gasteiger partial charge in [0.1, 0.15) is 0 Å². The Morgan fingerprint density at radius 1 is 1.40 bits per heavy atom. The average Bonchev–Trinajstić information content (AvgIpc) is 3.09. The molecule has 6 heteroatoms. The number of amides is 1. The number of anilines is 1. The van der Waals surface area contributed by atoms with Crippen molar-refractivity contribution in [2.45, 2.75) is 25.8 Å². The number of hydrogen-bond acceptors (Lipinski definition) is 5. The highest BCUT2D eigenvalue weighted by Gasteiger charge is 2.22. The van der Waals surface area contributed by atoms with Gasteiger partial charge in [-0.05, 0) is 37.9 Å². The van der Waals surface area contributed by atoms with E-state index in [4.69, 9.17) is 4.42 Å². The van der Waals surface area contributed by atoms with Gasteiger partial charge in [-0.25, -0.2) is 0 Å². The molecule has 1 atom stereocenters. The predicted octanol–water partition coefficient (Wildman–Crippen LogP) is 2.05. The van der Waals surface area contributed by atoms with Crippen molar-refractivity contribution in [1.29, 1.82) is 0 Å². The molecule has 0 bridgehead atoms. The molecule has 6 nitrogen and oxygen atoms in total. The minimum atomic E-state index is -0.238. The first-order valence-electron chi connectivity index (χ1n) is 6.68. The van der Waals surface area contributed by atoms with E-state index in [0.717, 1.165) is 24.9 Å². The molecule has 1 amide bonds. The zero-order chi connectivity index (χ0) is 13.9. The first-order chi connectivity index (χ1) is 9.74. The van der Waals surface area contributed by atoms with Crippen LogP contribution in [0.4, 0.5) is 6.01 Å². The highest BCUT2D eigenvalue weighted by atomic mass is 16.4. The molecule has 2 heterocycles. The quantitative estimate of drug-likeness (QED) is 0.894. The molecule has 1 unspecified atom stereocenters. The minimum Gasteiger partial charge on any atom is -0.406 e. The molecule has 2 aromatic rings. The zero-order valence-electron chi connectivity index (χ0n) is 11.2. The summed E-state index contributed by atoms with van der Waals surface area (Å²) in [6.07, 6.45) is 2.07. The van der Waals surface area contributed by atoms with Gasteiger partial charge in [-0.15, -0.1) is 5.10 Å². The molecule has 1 saturated heterocycles. The summed E-state index contributed by atoms with van der Waals surface area (Å²) in [6.45, 7) is 2.84. The van der Waals surface area contributed by atoms with Crippen molar-refractivity contribution in [3.8, 4) is 0 Å². The van der Waals surface area contributed by atoms with Crippen molar-refractivity contribution < 1.29 is 9.21 Å². The van der Waals surface area contributed by atoms with E-state index < -0.39 is 0 Å². The van der Waals surface area contributed by atoms with Crippen LogP contribution in [0.1, 0.15) is 40.7 Å². The molecule has 0 spiro atoms. The first-order valence-corrected chi connectivity index (χ1v) is 6.68. The lowest BCUT2D eigenvalue weighted by atomic mass is 10.1. The summed E-state index contributed by atoms with van der Waals surface area (Å²) in [5.74, 6) is 0.292. The van der Waals surface area contributed by atoms with Gasteiger partial charge in [0, 0.05) is 5.56 Å². The molecular weight excluding hydrogens is 256 g/mol. The molecular formula is C14H16N4O2. The summed E-state index contributed by atoms with van der Waals surface area (Å²) >= 11 is 0. The second kappa shape index (κ2) is 5.42. The van der Waals surface area contributed by atoms with E-state index in [-0.39, 0.29) is 18.0 Å². The number of carbonyl (C=O) groups excluding carboxylic acids is 1. The summed E-state index contributed by atoms with van der Waals surface area (Å²) in [5, 5.41) is 13.7. The van der Waals surface area contributed by atoms with E-state index in [2.05, 4.69) is 20.8 Å². The Bertz CT molecular complexity index is 617. The first kappa shape index (κ1) is 12.8. The summed E-state index contributed by atoms with van der Waals surface area (Å²) in [5.41, 5.74) is 1.51. The Morgan fingerprint density at radius 2 is 2.25 bits per heavy atom. The molecule has 0 aliphatic carbocycles. The lowest BCUT2D eigenvalue weighted by Gasteiger charge is -2.04. The van der Waals surface area contributed by atoms with Crippen LogP contribution in [0, 0.1) is 6.92 Å². The minimum absolute atomic E-state index is 0.103. The number of nitrogens with zero attached hydrogens (tertiary/aromatic N) is 2. The van der Waals surface area contributed by atoms with Gasteiger partial charge in [-0.3, -0.25) is 10.1 Å². The Balaban J connectivity index is 1.72. The van der Waals surface area contributed by atoms with Crippen LogP contribution < -0.4 is 10.6 Å². The van der Waals surface area contributed by atoms with Crippen LogP contribution in [-0.4, -0.2) is 22.6 Å². The van der Waals surface area contributed by atoms with Crippen molar-refractivity contribution in [2.75, 3.05) is 11.9 Å². The number of carbonyl (C=O) groups is 1. The summed E-state index contributed by atoms with van der Waals surface area (Å²) in [7, 11) is 0. The van der Waals surface area contributed by atoms with Gasteiger partial charge in [0.25, 0.3) is 5.91 Å². The van der Waals surface area contributed by atoms with Crippen molar-refractivity contribution >= 4 is 11.9 Å². The predicted molar refractivity (Wildman–Crippen MR) is 73.4 cm³/mol. The molecule has 1 aromatic carbocycles. The fourth-order valence-electron chi connectivity index (χ4n) is 2.31. The lowest BCUT2D eigenvalue weighted by molar-refractivity contribution is 0.102. The standard InChI is InChI=1S/C14H16N4O2/c1-9-5-2-3-6-10(9)12(19)16-14-18-17-13(20-14)11-7-4-8-15-11/h2-3,5-6,11,15H,4,7-8H2,1H3,(H,16,18,19). The molecule has 3 rings (SSSR count). The second-order valence-corrected chi connectivity index (χ2v) is 4.86. The van der Waals surface area contributed by atoms with Gasteiger partial charge in [0.05, 0.1) is 6.04 Å². The third-order valence-electron chi connectivity index (χ3n) is 3.41. The number of hydrogen-bond donors (Lipinski definition) is 2. The Kier molecular flexibility index (Phi) is 3.47. The molecule has 0 radical (unpaired) electrons. The zero-order valence-corrected chi connectivity index (χ0v) is 11.2. The SMILES string of the molecule is Cc1ccccc1C(=O)Nc1nnc(C2CCCN2)o1. The number of aromatic nitrogens is 2. The van der Waals surface area contributed by atoms with Gasteiger partial charge >= 0.3 is 6.01 Å². The van der Waals surface area contributed by atoms with Crippen LogP contribution in [0.5, 0.6) is 0 Å².